The van der Waals surface area contributed by atoms with E-state index in [2.05, 4.69) is 4.90 Å². The Balaban J connectivity index is 1.89. The van der Waals surface area contributed by atoms with Crippen molar-refractivity contribution in [2.24, 2.45) is 0 Å². The van der Waals surface area contributed by atoms with E-state index in [4.69, 9.17) is 11.6 Å². The summed E-state index contributed by atoms with van der Waals surface area (Å²) in [6.07, 6.45) is 1.24. The third-order valence-corrected chi connectivity index (χ3v) is 3.76. The van der Waals surface area contributed by atoms with Crippen molar-refractivity contribution in [3.63, 3.8) is 0 Å². The molecular formula is C15H20ClFN2O. The maximum atomic E-state index is 13.1. The number of amides is 1. The number of hydrogen-bond donors (Lipinski definition) is 0. The normalized spacial score (nSPS) is 17.0. The highest BCUT2D eigenvalue weighted by atomic mass is 35.5. The summed E-state index contributed by atoms with van der Waals surface area (Å²) >= 11 is 5.75. The molecule has 0 spiro atoms. The fourth-order valence-electron chi connectivity index (χ4n) is 2.50. The molecule has 1 aromatic carbocycles. The van der Waals surface area contributed by atoms with Gasteiger partial charge in [0.25, 0.3) is 0 Å². The number of carbonyl (C=O) groups is 1. The molecule has 1 fully saturated rings. The fraction of sp³-hybridized carbons (Fsp3) is 0.533. The Morgan fingerprint density at radius 3 is 2.85 bits per heavy atom. The quantitative estimate of drug-likeness (QED) is 0.795. The minimum Gasteiger partial charge on any atom is -0.341 e. The highest BCUT2D eigenvalue weighted by molar-refractivity contribution is 6.18. The van der Waals surface area contributed by atoms with Gasteiger partial charge in [0, 0.05) is 32.1 Å². The van der Waals surface area contributed by atoms with E-state index in [-0.39, 0.29) is 18.1 Å². The van der Waals surface area contributed by atoms with Crippen molar-refractivity contribution in [1.29, 1.82) is 0 Å². The van der Waals surface area contributed by atoms with E-state index in [0.29, 0.717) is 5.88 Å². The summed E-state index contributed by atoms with van der Waals surface area (Å²) in [4.78, 5) is 16.4. The largest absolute Gasteiger partial charge is 0.341 e. The van der Waals surface area contributed by atoms with Gasteiger partial charge in [-0.1, -0.05) is 12.1 Å². The summed E-state index contributed by atoms with van der Waals surface area (Å²) < 4.78 is 13.1. The molecule has 0 aliphatic carbocycles. The number of rotatable bonds is 4. The number of alkyl halides is 1. The molecule has 1 saturated heterocycles. The van der Waals surface area contributed by atoms with Gasteiger partial charge in [0.05, 0.1) is 6.42 Å². The van der Waals surface area contributed by atoms with Crippen LogP contribution in [0, 0.1) is 5.82 Å². The van der Waals surface area contributed by atoms with Crippen LogP contribution >= 0.6 is 11.6 Å². The van der Waals surface area contributed by atoms with Crippen molar-refractivity contribution in [1.82, 2.24) is 9.80 Å². The van der Waals surface area contributed by atoms with Gasteiger partial charge in [-0.15, -0.1) is 11.6 Å². The van der Waals surface area contributed by atoms with Crippen LogP contribution in [0.25, 0.3) is 0 Å². The van der Waals surface area contributed by atoms with Crippen molar-refractivity contribution < 1.29 is 9.18 Å². The minimum atomic E-state index is -0.292. The third-order valence-electron chi connectivity index (χ3n) is 3.59. The smallest absolute Gasteiger partial charge is 0.227 e. The van der Waals surface area contributed by atoms with E-state index in [1.807, 2.05) is 4.90 Å². The zero-order valence-electron chi connectivity index (χ0n) is 11.5. The Hall–Kier alpha value is -1.13. The van der Waals surface area contributed by atoms with Crippen LogP contribution in [0.15, 0.2) is 24.3 Å². The van der Waals surface area contributed by atoms with Crippen LogP contribution in [0.3, 0.4) is 0 Å². The fourth-order valence-corrected chi connectivity index (χ4v) is 2.74. The Kier molecular flexibility index (Phi) is 5.80. The second kappa shape index (κ2) is 7.60. The van der Waals surface area contributed by atoms with Gasteiger partial charge in [0.1, 0.15) is 5.82 Å². The lowest BCUT2D eigenvalue weighted by atomic mass is 10.1. The number of hydrogen-bond acceptors (Lipinski definition) is 2. The Morgan fingerprint density at radius 1 is 1.25 bits per heavy atom. The summed E-state index contributed by atoms with van der Waals surface area (Å²) in [5.41, 5.74) is 0.733. The summed E-state index contributed by atoms with van der Waals surface area (Å²) in [5.74, 6) is 0.403. The summed E-state index contributed by atoms with van der Waals surface area (Å²) in [6.45, 7) is 4.21. The molecule has 3 nitrogen and oxygen atoms in total. The molecular weight excluding hydrogens is 279 g/mol. The molecule has 0 aromatic heterocycles. The van der Waals surface area contributed by atoms with E-state index in [1.165, 1.54) is 12.1 Å². The zero-order chi connectivity index (χ0) is 14.4. The maximum Gasteiger partial charge on any atom is 0.227 e. The van der Waals surface area contributed by atoms with Gasteiger partial charge in [-0.3, -0.25) is 4.79 Å². The number of nitrogens with zero attached hydrogens (tertiary/aromatic N) is 2. The average Bonchev–Trinajstić information content (AvgIpc) is 2.65. The Labute approximate surface area is 124 Å². The first-order chi connectivity index (χ1) is 9.69. The van der Waals surface area contributed by atoms with Crippen LogP contribution in [0.2, 0.25) is 0 Å². The number of carbonyl (C=O) groups excluding carboxylic acids is 1. The van der Waals surface area contributed by atoms with Crippen LogP contribution in [-0.4, -0.2) is 54.3 Å². The van der Waals surface area contributed by atoms with E-state index in [1.54, 1.807) is 12.1 Å². The molecule has 20 heavy (non-hydrogen) atoms. The van der Waals surface area contributed by atoms with Crippen LogP contribution in [-0.2, 0) is 11.2 Å². The first-order valence-electron chi connectivity index (χ1n) is 6.99. The minimum absolute atomic E-state index is 0.0725. The molecule has 0 unspecified atom stereocenters. The second-order valence-electron chi connectivity index (χ2n) is 5.07. The van der Waals surface area contributed by atoms with Crippen molar-refractivity contribution >= 4 is 17.5 Å². The molecule has 0 N–H and O–H groups in total. The molecule has 0 radical (unpaired) electrons. The Morgan fingerprint density at radius 2 is 2.10 bits per heavy atom. The third kappa shape index (κ3) is 4.46. The van der Waals surface area contributed by atoms with Gasteiger partial charge in [-0.25, -0.2) is 4.39 Å². The van der Waals surface area contributed by atoms with Gasteiger partial charge in [0.15, 0.2) is 0 Å². The monoisotopic (exact) mass is 298 g/mol. The predicted octanol–water partition coefficient (Wildman–Crippen LogP) is 2.14. The van der Waals surface area contributed by atoms with Crippen LogP contribution < -0.4 is 0 Å². The lowest BCUT2D eigenvalue weighted by Crippen LogP contribution is -2.36. The summed E-state index contributed by atoms with van der Waals surface area (Å²) in [7, 11) is 0. The SMILES string of the molecule is O=C(Cc1cccc(F)c1)N1CCCN(CCCl)CC1. The van der Waals surface area contributed by atoms with E-state index >= 15 is 0 Å². The molecule has 0 saturated carbocycles. The maximum absolute atomic E-state index is 13.1. The molecule has 110 valence electrons. The highest BCUT2D eigenvalue weighted by Crippen LogP contribution is 2.09. The zero-order valence-corrected chi connectivity index (χ0v) is 12.3. The molecule has 1 aliphatic heterocycles. The molecule has 1 amide bonds. The van der Waals surface area contributed by atoms with E-state index < -0.39 is 0 Å². The topological polar surface area (TPSA) is 23.6 Å². The van der Waals surface area contributed by atoms with E-state index in [9.17, 15) is 9.18 Å². The second-order valence-corrected chi connectivity index (χ2v) is 5.45. The van der Waals surface area contributed by atoms with Gasteiger partial charge in [0.2, 0.25) is 5.91 Å². The summed E-state index contributed by atoms with van der Waals surface area (Å²) in [6, 6.07) is 6.25. The van der Waals surface area contributed by atoms with Crippen LogP contribution in [0.1, 0.15) is 12.0 Å². The standard InChI is InChI=1S/C15H20ClFN2O/c16-5-8-18-6-2-7-19(10-9-18)15(20)12-13-3-1-4-14(17)11-13/h1,3-4,11H,2,5-10,12H2. The lowest BCUT2D eigenvalue weighted by Gasteiger charge is -2.21. The summed E-state index contributed by atoms with van der Waals surface area (Å²) in [5, 5.41) is 0. The highest BCUT2D eigenvalue weighted by Gasteiger charge is 2.18. The average molecular weight is 299 g/mol. The van der Waals surface area contributed by atoms with Crippen LogP contribution in [0.5, 0.6) is 0 Å². The van der Waals surface area contributed by atoms with Crippen molar-refractivity contribution in [2.45, 2.75) is 12.8 Å². The van der Waals surface area contributed by atoms with Gasteiger partial charge in [-0.05, 0) is 30.7 Å². The lowest BCUT2D eigenvalue weighted by molar-refractivity contribution is -0.130. The first kappa shape index (κ1) is 15.3. The predicted molar refractivity (Wildman–Crippen MR) is 78.5 cm³/mol. The molecule has 2 rings (SSSR count). The van der Waals surface area contributed by atoms with Gasteiger partial charge in [-0.2, -0.15) is 0 Å². The molecule has 1 heterocycles. The Bertz CT molecular complexity index is 455. The number of halogens is 2. The van der Waals surface area contributed by atoms with Crippen molar-refractivity contribution in [3.05, 3.63) is 35.6 Å². The molecule has 1 aliphatic rings. The van der Waals surface area contributed by atoms with Gasteiger partial charge < -0.3 is 9.80 Å². The van der Waals surface area contributed by atoms with Crippen molar-refractivity contribution in [2.75, 3.05) is 38.6 Å². The van der Waals surface area contributed by atoms with Gasteiger partial charge >= 0.3 is 0 Å². The number of benzene rings is 1. The molecule has 0 bridgehead atoms. The molecule has 1 aromatic rings. The first-order valence-corrected chi connectivity index (χ1v) is 7.53. The molecule has 5 heteroatoms. The molecule has 0 atom stereocenters. The van der Waals surface area contributed by atoms with Crippen molar-refractivity contribution in [3.8, 4) is 0 Å². The van der Waals surface area contributed by atoms with Crippen LogP contribution in [0.4, 0.5) is 4.39 Å². The van der Waals surface area contributed by atoms with E-state index in [0.717, 1.165) is 44.7 Å².